The van der Waals surface area contributed by atoms with Gasteiger partial charge in [-0.05, 0) is 49.4 Å². The normalized spacial score (nSPS) is 11.8. The van der Waals surface area contributed by atoms with E-state index in [-0.39, 0.29) is 0 Å². The van der Waals surface area contributed by atoms with Crippen LogP contribution in [0.25, 0.3) is 0 Å². The van der Waals surface area contributed by atoms with E-state index < -0.39 is 0 Å². The molecule has 0 atom stereocenters. The quantitative estimate of drug-likeness (QED) is 0.244. The van der Waals surface area contributed by atoms with E-state index in [4.69, 9.17) is 5.26 Å². The SMILES string of the molecule is CC(C)CC[N+](CCC(C)C)(CCC(C)C)CCC(C)C.N#CS. The molecule has 0 spiro atoms. The highest BCUT2D eigenvalue weighted by atomic mass is 32.1. The summed E-state index contributed by atoms with van der Waals surface area (Å²) in [6, 6.07) is 0. The smallest absolute Gasteiger partial charge is 0.130 e. The van der Waals surface area contributed by atoms with Crippen molar-refractivity contribution in [2.24, 2.45) is 23.7 Å². The van der Waals surface area contributed by atoms with Crippen LogP contribution in [0.5, 0.6) is 0 Å². The van der Waals surface area contributed by atoms with E-state index in [1.165, 1.54) is 61.7 Å². The van der Waals surface area contributed by atoms with Crippen LogP contribution in [0.15, 0.2) is 0 Å². The molecule has 3 heteroatoms. The molecule has 0 saturated carbocycles. The molecule has 0 rings (SSSR count). The molecule has 0 fully saturated rings. The minimum absolute atomic E-state index is 0.833. The number of thiol groups is 1. The van der Waals surface area contributed by atoms with Crippen molar-refractivity contribution in [3.8, 4) is 5.40 Å². The van der Waals surface area contributed by atoms with Crippen molar-refractivity contribution in [2.75, 3.05) is 26.2 Å². The summed E-state index contributed by atoms with van der Waals surface area (Å²) in [5.74, 6) is 3.33. The zero-order valence-electron chi connectivity index (χ0n) is 17.8. The van der Waals surface area contributed by atoms with Crippen molar-refractivity contribution in [3.63, 3.8) is 0 Å². The molecule has 0 aliphatic carbocycles. The average molecular weight is 358 g/mol. The van der Waals surface area contributed by atoms with Crippen molar-refractivity contribution >= 4 is 12.6 Å². The molecule has 0 aromatic heterocycles. The van der Waals surface area contributed by atoms with E-state index in [2.05, 4.69) is 68.0 Å². The predicted octanol–water partition coefficient (Wildman–Crippen LogP) is 6.38. The standard InChI is InChI=1S/C20H44N.CHNS/c1-17(2)9-13-21(14-10-18(3)4,15-11-19(5)6)16-12-20(7)8;2-1-3/h17-20H,9-16H2,1-8H3;3H/q+1;. The van der Waals surface area contributed by atoms with Crippen LogP contribution in [0.2, 0.25) is 0 Å². The van der Waals surface area contributed by atoms with Gasteiger partial charge in [0.15, 0.2) is 0 Å². The van der Waals surface area contributed by atoms with Crippen LogP contribution in [0, 0.1) is 34.3 Å². The van der Waals surface area contributed by atoms with Gasteiger partial charge in [-0.25, -0.2) is 0 Å². The fraction of sp³-hybridized carbons (Fsp3) is 0.952. The molecule has 0 aromatic rings. The zero-order valence-corrected chi connectivity index (χ0v) is 18.7. The lowest BCUT2D eigenvalue weighted by Crippen LogP contribution is -2.52. The van der Waals surface area contributed by atoms with Crippen LogP contribution < -0.4 is 0 Å². The van der Waals surface area contributed by atoms with Crippen LogP contribution in [-0.4, -0.2) is 30.7 Å². The van der Waals surface area contributed by atoms with Crippen molar-refractivity contribution < 1.29 is 4.48 Å². The Labute approximate surface area is 159 Å². The van der Waals surface area contributed by atoms with Crippen molar-refractivity contribution in [1.29, 1.82) is 5.26 Å². The molecule has 0 amide bonds. The lowest BCUT2D eigenvalue weighted by Gasteiger charge is -2.41. The second-order valence-electron chi connectivity index (χ2n) is 9.07. The third kappa shape index (κ3) is 16.7. The van der Waals surface area contributed by atoms with Gasteiger partial charge in [0.2, 0.25) is 0 Å². The summed E-state index contributed by atoms with van der Waals surface area (Å²) < 4.78 is 1.38. The molecule has 0 saturated heterocycles. The Kier molecular flexibility index (Phi) is 16.4. The molecule has 0 N–H and O–H groups in total. The Morgan fingerprint density at radius 2 is 0.792 bits per heavy atom. The third-order valence-corrected chi connectivity index (χ3v) is 4.72. The lowest BCUT2D eigenvalue weighted by atomic mass is 10.0. The van der Waals surface area contributed by atoms with E-state index in [1.807, 2.05) is 0 Å². The molecule has 144 valence electrons. The Bertz CT molecular complexity index is 263. The second-order valence-corrected chi connectivity index (χ2v) is 9.27. The highest BCUT2D eigenvalue weighted by Crippen LogP contribution is 2.21. The maximum Gasteiger partial charge on any atom is 0.130 e. The zero-order chi connectivity index (χ0) is 19.2. The van der Waals surface area contributed by atoms with Gasteiger partial charge in [0.25, 0.3) is 0 Å². The summed E-state index contributed by atoms with van der Waals surface area (Å²) in [7, 11) is 0. The molecule has 0 unspecified atom stereocenters. The highest BCUT2D eigenvalue weighted by Gasteiger charge is 2.27. The molecular formula is C21H45N2S+. The summed E-state index contributed by atoms with van der Waals surface area (Å²) in [4.78, 5) is 0. The van der Waals surface area contributed by atoms with Crippen LogP contribution in [0.4, 0.5) is 0 Å². The second kappa shape index (κ2) is 15.1. The van der Waals surface area contributed by atoms with Crippen molar-refractivity contribution in [3.05, 3.63) is 0 Å². The molecule has 0 bridgehead atoms. The Balaban J connectivity index is 0. The van der Waals surface area contributed by atoms with Gasteiger partial charge in [-0.1, -0.05) is 68.0 Å². The maximum atomic E-state index is 7.18. The van der Waals surface area contributed by atoms with Gasteiger partial charge in [-0.15, -0.1) is 0 Å². The minimum Gasteiger partial charge on any atom is -0.324 e. The summed E-state index contributed by atoms with van der Waals surface area (Å²) in [6.45, 7) is 24.6. The van der Waals surface area contributed by atoms with Gasteiger partial charge < -0.3 is 4.48 Å². The maximum absolute atomic E-state index is 7.18. The van der Waals surface area contributed by atoms with Crippen LogP contribution in [-0.2, 0) is 0 Å². The van der Waals surface area contributed by atoms with Gasteiger partial charge >= 0.3 is 0 Å². The summed E-state index contributed by atoms with van der Waals surface area (Å²) in [6.07, 6.45) is 5.53. The molecule has 2 nitrogen and oxygen atoms in total. The van der Waals surface area contributed by atoms with E-state index in [0.29, 0.717) is 0 Å². The largest absolute Gasteiger partial charge is 0.324 e. The predicted molar refractivity (Wildman–Crippen MR) is 112 cm³/mol. The molecule has 0 aromatic carbocycles. The van der Waals surface area contributed by atoms with Crippen molar-refractivity contribution in [2.45, 2.75) is 81.1 Å². The number of nitrogens with zero attached hydrogens (tertiary/aromatic N) is 2. The summed E-state index contributed by atoms with van der Waals surface area (Å²) in [5, 5.41) is 8.63. The van der Waals surface area contributed by atoms with Gasteiger partial charge in [0, 0.05) is 0 Å². The molecule has 0 aliphatic heterocycles. The molecular weight excluding hydrogens is 312 g/mol. The fourth-order valence-corrected chi connectivity index (χ4v) is 2.80. The molecule has 0 heterocycles. The van der Waals surface area contributed by atoms with Gasteiger partial charge in [-0.2, -0.15) is 5.26 Å². The molecule has 24 heavy (non-hydrogen) atoms. The highest BCUT2D eigenvalue weighted by molar-refractivity contribution is 7.85. The summed E-state index contributed by atoms with van der Waals surface area (Å²) >= 11 is 3.09. The first-order chi connectivity index (χ1) is 11.1. The Morgan fingerprint density at radius 1 is 0.625 bits per heavy atom. The van der Waals surface area contributed by atoms with E-state index in [9.17, 15) is 0 Å². The first-order valence-corrected chi connectivity index (χ1v) is 10.4. The van der Waals surface area contributed by atoms with Crippen molar-refractivity contribution in [1.82, 2.24) is 0 Å². The summed E-state index contributed by atoms with van der Waals surface area (Å²) in [5.41, 5.74) is 0. The monoisotopic (exact) mass is 357 g/mol. The van der Waals surface area contributed by atoms with E-state index in [1.54, 1.807) is 0 Å². The van der Waals surface area contributed by atoms with Crippen LogP contribution in [0.3, 0.4) is 0 Å². The topological polar surface area (TPSA) is 23.8 Å². The fourth-order valence-electron chi connectivity index (χ4n) is 2.80. The molecule has 0 radical (unpaired) electrons. The number of hydrogen-bond acceptors (Lipinski definition) is 2. The van der Waals surface area contributed by atoms with E-state index in [0.717, 1.165) is 23.7 Å². The average Bonchev–Trinajstić information content (AvgIpc) is 2.46. The number of nitriles is 1. The van der Waals surface area contributed by atoms with Crippen LogP contribution >= 0.6 is 12.6 Å². The Morgan fingerprint density at radius 3 is 0.917 bits per heavy atom. The number of quaternary nitrogens is 1. The Hall–Kier alpha value is -0.200. The first kappa shape index (κ1) is 26.0. The molecule has 0 aliphatic rings. The van der Waals surface area contributed by atoms with Crippen LogP contribution in [0.1, 0.15) is 81.1 Å². The van der Waals surface area contributed by atoms with Gasteiger partial charge in [0.1, 0.15) is 5.40 Å². The minimum atomic E-state index is 0.833. The number of rotatable bonds is 12. The number of thiocyanates is 1. The van der Waals surface area contributed by atoms with E-state index >= 15 is 0 Å². The first-order valence-electron chi connectivity index (χ1n) is 9.96. The number of hydrogen-bond donors (Lipinski definition) is 1. The van der Waals surface area contributed by atoms with Gasteiger partial charge in [0.05, 0.1) is 26.2 Å². The third-order valence-electron chi connectivity index (χ3n) is 4.72. The van der Waals surface area contributed by atoms with Gasteiger partial charge in [-0.3, -0.25) is 0 Å². The lowest BCUT2D eigenvalue weighted by molar-refractivity contribution is -0.930.